The highest BCUT2D eigenvalue weighted by molar-refractivity contribution is 7.93. The van der Waals surface area contributed by atoms with Crippen LogP contribution < -0.4 is 4.72 Å². The van der Waals surface area contributed by atoms with Crippen LogP contribution in [-0.2, 0) is 29.4 Å². The Kier molecular flexibility index (Phi) is 4.21. The van der Waals surface area contributed by atoms with Crippen molar-refractivity contribution in [2.45, 2.75) is 51.6 Å². The number of hydrogen-bond acceptors (Lipinski definition) is 4. The summed E-state index contributed by atoms with van der Waals surface area (Å²) in [5.41, 5.74) is 2.20. The van der Waals surface area contributed by atoms with Crippen molar-refractivity contribution in [3.05, 3.63) is 51.9 Å². The molecular formula is C18H22N4O2S. The first-order chi connectivity index (χ1) is 12.0. The average Bonchev–Trinajstić information content (AvgIpc) is 3.11. The van der Waals surface area contributed by atoms with Crippen LogP contribution in [0.25, 0.3) is 6.08 Å². The molecule has 1 aliphatic heterocycles. The van der Waals surface area contributed by atoms with E-state index < -0.39 is 16.1 Å². The third-order valence-corrected chi connectivity index (χ3v) is 6.62. The van der Waals surface area contributed by atoms with E-state index in [2.05, 4.69) is 21.0 Å². The van der Waals surface area contributed by atoms with Gasteiger partial charge < -0.3 is 4.57 Å². The van der Waals surface area contributed by atoms with E-state index in [0.29, 0.717) is 17.2 Å². The van der Waals surface area contributed by atoms with E-state index >= 15 is 0 Å². The molecule has 1 aromatic carbocycles. The van der Waals surface area contributed by atoms with E-state index in [1.807, 2.05) is 35.8 Å². The van der Waals surface area contributed by atoms with E-state index in [0.717, 1.165) is 43.6 Å². The second-order valence-corrected chi connectivity index (χ2v) is 8.50. The van der Waals surface area contributed by atoms with Crippen molar-refractivity contribution in [3.8, 4) is 0 Å². The largest absolute Gasteiger partial charge is 0.314 e. The maximum atomic E-state index is 12.9. The van der Waals surface area contributed by atoms with Crippen LogP contribution >= 0.6 is 0 Å². The molecule has 0 bridgehead atoms. The molecule has 4 rings (SSSR count). The predicted octanol–water partition coefficient (Wildman–Crippen LogP) is 2.58. The van der Waals surface area contributed by atoms with Gasteiger partial charge in [-0.3, -0.25) is 0 Å². The molecule has 0 saturated carbocycles. The standard InChI is InChI=1S/C18H22N4O2S/c1-13(18-20-19-17-10-5-11-22(17)18)21-25(23,24)16-9-4-8-14-6-2-3-7-15(14)12-16/h2-3,6-7,12-13,21H,4-5,8-11H2,1H3. The van der Waals surface area contributed by atoms with Gasteiger partial charge in [0.05, 0.1) is 10.9 Å². The van der Waals surface area contributed by atoms with Gasteiger partial charge in [0, 0.05) is 13.0 Å². The van der Waals surface area contributed by atoms with Gasteiger partial charge in [-0.1, -0.05) is 24.3 Å². The molecule has 2 aromatic rings. The van der Waals surface area contributed by atoms with Crippen LogP contribution in [0.3, 0.4) is 0 Å². The number of sulfonamides is 1. The van der Waals surface area contributed by atoms with Crippen molar-refractivity contribution < 1.29 is 8.42 Å². The van der Waals surface area contributed by atoms with Crippen molar-refractivity contribution in [1.82, 2.24) is 19.5 Å². The summed E-state index contributed by atoms with van der Waals surface area (Å²) in [4.78, 5) is 0.450. The number of allylic oxidation sites excluding steroid dienone is 1. The summed E-state index contributed by atoms with van der Waals surface area (Å²) in [6.45, 7) is 2.69. The minimum absolute atomic E-state index is 0.399. The Morgan fingerprint density at radius 2 is 1.96 bits per heavy atom. The van der Waals surface area contributed by atoms with Crippen LogP contribution in [0.1, 0.15) is 55.0 Å². The zero-order chi connectivity index (χ0) is 17.4. The average molecular weight is 358 g/mol. The smallest absolute Gasteiger partial charge is 0.237 e. The molecule has 1 unspecified atom stereocenters. The van der Waals surface area contributed by atoms with Gasteiger partial charge >= 0.3 is 0 Å². The zero-order valence-electron chi connectivity index (χ0n) is 14.3. The molecule has 1 atom stereocenters. The highest BCUT2D eigenvalue weighted by atomic mass is 32.2. The van der Waals surface area contributed by atoms with Gasteiger partial charge in [-0.15, -0.1) is 10.2 Å². The molecule has 0 spiro atoms. The van der Waals surface area contributed by atoms with Crippen LogP contribution in [-0.4, -0.2) is 23.2 Å². The molecule has 0 radical (unpaired) electrons. The molecule has 0 amide bonds. The fourth-order valence-electron chi connectivity index (χ4n) is 3.67. The number of hydrogen-bond donors (Lipinski definition) is 1. The lowest BCUT2D eigenvalue weighted by molar-refractivity contribution is 0.549. The van der Waals surface area contributed by atoms with Gasteiger partial charge in [0.2, 0.25) is 10.0 Å². The second kappa shape index (κ2) is 6.38. The van der Waals surface area contributed by atoms with Crippen LogP contribution in [0.15, 0.2) is 29.2 Å². The molecule has 0 fully saturated rings. The van der Waals surface area contributed by atoms with Gasteiger partial charge in [0.15, 0.2) is 5.82 Å². The summed E-state index contributed by atoms with van der Waals surface area (Å²) < 4.78 is 30.7. The number of nitrogens with one attached hydrogen (secondary N) is 1. The summed E-state index contributed by atoms with van der Waals surface area (Å²) in [7, 11) is -3.56. The highest BCUT2D eigenvalue weighted by Crippen LogP contribution is 2.27. The van der Waals surface area contributed by atoms with E-state index in [4.69, 9.17) is 0 Å². The highest BCUT2D eigenvalue weighted by Gasteiger charge is 2.27. The fraction of sp³-hybridized carbons (Fsp3) is 0.444. The lowest BCUT2D eigenvalue weighted by Crippen LogP contribution is -2.29. The number of fused-ring (bicyclic) bond motifs is 2. The Balaban J connectivity index is 1.60. The molecule has 1 aromatic heterocycles. The number of aromatic nitrogens is 3. The van der Waals surface area contributed by atoms with Crippen molar-refractivity contribution in [3.63, 3.8) is 0 Å². The quantitative estimate of drug-likeness (QED) is 0.911. The molecule has 132 valence electrons. The van der Waals surface area contributed by atoms with Crippen LogP contribution in [0.2, 0.25) is 0 Å². The van der Waals surface area contributed by atoms with Crippen LogP contribution in [0.4, 0.5) is 0 Å². The van der Waals surface area contributed by atoms with Crippen molar-refractivity contribution in [2.24, 2.45) is 0 Å². The van der Waals surface area contributed by atoms with E-state index in [9.17, 15) is 8.42 Å². The molecule has 0 saturated heterocycles. The Morgan fingerprint density at radius 3 is 2.84 bits per heavy atom. The van der Waals surface area contributed by atoms with E-state index in [1.165, 1.54) is 5.56 Å². The van der Waals surface area contributed by atoms with Crippen LogP contribution in [0.5, 0.6) is 0 Å². The van der Waals surface area contributed by atoms with Gasteiger partial charge in [-0.25, -0.2) is 13.1 Å². The third kappa shape index (κ3) is 3.14. The maximum absolute atomic E-state index is 12.9. The molecule has 2 aliphatic rings. The minimum Gasteiger partial charge on any atom is -0.314 e. The maximum Gasteiger partial charge on any atom is 0.237 e. The van der Waals surface area contributed by atoms with Crippen LogP contribution in [0, 0.1) is 0 Å². The lowest BCUT2D eigenvalue weighted by Gasteiger charge is -2.15. The molecule has 1 N–H and O–H groups in total. The van der Waals surface area contributed by atoms with E-state index in [-0.39, 0.29) is 0 Å². The number of benzene rings is 1. The van der Waals surface area contributed by atoms with Gasteiger partial charge in [-0.05, 0) is 49.8 Å². The Labute approximate surface area is 148 Å². The Morgan fingerprint density at radius 1 is 1.12 bits per heavy atom. The summed E-state index contributed by atoms with van der Waals surface area (Å²) in [5, 5.41) is 8.36. The fourth-order valence-corrected chi connectivity index (χ4v) is 5.09. The van der Waals surface area contributed by atoms with E-state index in [1.54, 1.807) is 0 Å². The lowest BCUT2D eigenvalue weighted by atomic mass is 10.1. The molecule has 1 aliphatic carbocycles. The molecule has 6 nitrogen and oxygen atoms in total. The zero-order valence-corrected chi connectivity index (χ0v) is 15.1. The second-order valence-electron chi connectivity index (χ2n) is 6.74. The first kappa shape index (κ1) is 16.5. The third-order valence-electron chi connectivity index (χ3n) is 4.94. The molecule has 25 heavy (non-hydrogen) atoms. The Bertz CT molecular complexity index is 930. The van der Waals surface area contributed by atoms with Gasteiger partial charge in [-0.2, -0.15) is 0 Å². The van der Waals surface area contributed by atoms with Crippen molar-refractivity contribution in [2.75, 3.05) is 0 Å². The number of rotatable bonds is 4. The normalized spacial score (nSPS) is 18.2. The topological polar surface area (TPSA) is 76.9 Å². The summed E-state index contributed by atoms with van der Waals surface area (Å²) >= 11 is 0. The number of nitrogens with zero attached hydrogens (tertiary/aromatic N) is 3. The number of aryl methyl sites for hydroxylation is 2. The minimum atomic E-state index is -3.56. The summed E-state index contributed by atoms with van der Waals surface area (Å²) in [6.07, 6.45) is 6.05. The summed E-state index contributed by atoms with van der Waals surface area (Å²) in [5.74, 6) is 1.65. The molecule has 2 heterocycles. The SMILES string of the molecule is CC(NS(=O)(=O)C1=Cc2ccccc2CCC1)c1nnc2n1CCC2. The summed E-state index contributed by atoms with van der Waals surface area (Å²) in [6, 6.07) is 7.59. The van der Waals surface area contributed by atoms with Crippen molar-refractivity contribution >= 4 is 16.1 Å². The van der Waals surface area contributed by atoms with Crippen molar-refractivity contribution in [1.29, 1.82) is 0 Å². The predicted molar refractivity (Wildman–Crippen MR) is 96.2 cm³/mol. The van der Waals surface area contributed by atoms with Gasteiger partial charge in [0.1, 0.15) is 5.82 Å². The first-order valence-corrected chi connectivity index (χ1v) is 10.3. The first-order valence-electron chi connectivity index (χ1n) is 8.77. The monoisotopic (exact) mass is 358 g/mol. The Hall–Kier alpha value is -1.99. The molecule has 7 heteroatoms. The molecular weight excluding hydrogens is 336 g/mol. The van der Waals surface area contributed by atoms with Gasteiger partial charge in [0.25, 0.3) is 0 Å².